The summed E-state index contributed by atoms with van der Waals surface area (Å²) in [5.41, 5.74) is 7.78. The zero-order chi connectivity index (χ0) is 10.0. The molecule has 0 aromatic carbocycles. The Morgan fingerprint density at radius 3 is 2.54 bits per heavy atom. The fourth-order valence-corrected chi connectivity index (χ4v) is 1.42. The van der Waals surface area contributed by atoms with Crippen molar-refractivity contribution in [3.63, 3.8) is 0 Å². The third-order valence-electron chi connectivity index (χ3n) is 2.42. The highest BCUT2D eigenvalue weighted by Gasteiger charge is 2.16. The lowest BCUT2D eigenvalue weighted by Crippen LogP contribution is -2.14. The van der Waals surface area contributed by atoms with E-state index in [-0.39, 0.29) is 5.92 Å². The number of nitrogens with two attached hydrogens (primary N) is 1. The van der Waals surface area contributed by atoms with Crippen LogP contribution >= 0.6 is 0 Å². The lowest BCUT2D eigenvalue weighted by molar-refractivity contribution is 0.169. The number of rotatable bonds is 2. The SMILES string of the molecule is Cc1ccnc(N)c1C(C)C(C)O. The molecule has 0 saturated heterocycles. The molecule has 3 nitrogen and oxygen atoms in total. The van der Waals surface area contributed by atoms with E-state index in [2.05, 4.69) is 4.98 Å². The van der Waals surface area contributed by atoms with Crippen LogP contribution in [0.3, 0.4) is 0 Å². The molecule has 0 saturated carbocycles. The molecule has 13 heavy (non-hydrogen) atoms. The quantitative estimate of drug-likeness (QED) is 0.724. The van der Waals surface area contributed by atoms with Crippen molar-refractivity contribution in [1.29, 1.82) is 0 Å². The van der Waals surface area contributed by atoms with E-state index in [1.165, 1.54) is 0 Å². The van der Waals surface area contributed by atoms with E-state index in [0.29, 0.717) is 5.82 Å². The highest BCUT2D eigenvalue weighted by Crippen LogP contribution is 2.26. The monoisotopic (exact) mass is 180 g/mol. The van der Waals surface area contributed by atoms with Crippen LogP contribution in [0.5, 0.6) is 0 Å². The van der Waals surface area contributed by atoms with Gasteiger partial charge in [-0.25, -0.2) is 4.98 Å². The van der Waals surface area contributed by atoms with Crippen LogP contribution in [-0.4, -0.2) is 16.2 Å². The van der Waals surface area contributed by atoms with Crippen molar-refractivity contribution in [3.05, 3.63) is 23.4 Å². The van der Waals surface area contributed by atoms with Crippen molar-refractivity contribution < 1.29 is 5.11 Å². The summed E-state index contributed by atoms with van der Waals surface area (Å²) >= 11 is 0. The zero-order valence-corrected chi connectivity index (χ0v) is 8.28. The molecule has 2 unspecified atom stereocenters. The number of anilines is 1. The van der Waals surface area contributed by atoms with Crippen molar-refractivity contribution in [2.45, 2.75) is 32.8 Å². The fourth-order valence-electron chi connectivity index (χ4n) is 1.42. The number of hydrogen-bond acceptors (Lipinski definition) is 3. The zero-order valence-electron chi connectivity index (χ0n) is 8.28. The Kier molecular flexibility index (Phi) is 2.88. The number of aliphatic hydroxyl groups excluding tert-OH is 1. The van der Waals surface area contributed by atoms with Gasteiger partial charge in [0.25, 0.3) is 0 Å². The molecular weight excluding hydrogens is 164 g/mol. The largest absolute Gasteiger partial charge is 0.393 e. The van der Waals surface area contributed by atoms with Crippen LogP contribution < -0.4 is 5.73 Å². The van der Waals surface area contributed by atoms with Gasteiger partial charge in [-0.2, -0.15) is 0 Å². The second-order valence-corrected chi connectivity index (χ2v) is 3.46. The third kappa shape index (κ3) is 1.98. The first-order valence-electron chi connectivity index (χ1n) is 4.43. The molecule has 0 fully saturated rings. The molecule has 0 aliphatic carbocycles. The minimum Gasteiger partial charge on any atom is -0.393 e. The molecule has 72 valence electrons. The van der Waals surface area contributed by atoms with Gasteiger partial charge >= 0.3 is 0 Å². The molecule has 0 bridgehead atoms. The number of pyridine rings is 1. The summed E-state index contributed by atoms with van der Waals surface area (Å²) in [6.45, 7) is 5.69. The summed E-state index contributed by atoms with van der Waals surface area (Å²) in [6, 6.07) is 1.91. The van der Waals surface area contributed by atoms with Gasteiger partial charge < -0.3 is 10.8 Å². The van der Waals surface area contributed by atoms with E-state index < -0.39 is 6.10 Å². The lowest BCUT2D eigenvalue weighted by Gasteiger charge is -2.18. The number of aryl methyl sites for hydroxylation is 1. The Balaban J connectivity index is 3.12. The molecule has 1 heterocycles. The van der Waals surface area contributed by atoms with Crippen LogP contribution in [0.2, 0.25) is 0 Å². The van der Waals surface area contributed by atoms with Crippen molar-refractivity contribution in [2.24, 2.45) is 0 Å². The second kappa shape index (κ2) is 3.75. The van der Waals surface area contributed by atoms with Crippen LogP contribution in [0.15, 0.2) is 12.3 Å². The molecule has 0 amide bonds. The molecule has 3 N–H and O–H groups in total. The van der Waals surface area contributed by atoms with E-state index >= 15 is 0 Å². The highest BCUT2D eigenvalue weighted by atomic mass is 16.3. The second-order valence-electron chi connectivity index (χ2n) is 3.46. The highest BCUT2D eigenvalue weighted by molar-refractivity contribution is 5.46. The third-order valence-corrected chi connectivity index (χ3v) is 2.42. The topological polar surface area (TPSA) is 59.1 Å². The van der Waals surface area contributed by atoms with Crippen molar-refractivity contribution in [1.82, 2.24) is 4.98 Å². The Morgan fingerprint density at radius 1 is 1.46 bits per heavy atom. The Labute approximate surface area is 78.6 Å². The van der Waals surface area contributed by atoms with Gasteiger partial charge in [0.1, 0.15) is 5.82 Å². The maximum Gasteiger partial charge on any atom is 0.127 e. The fraction of sp³-hybridized carbons (Fsp3) is 0.500. The first-order chi connectivity index (χ1) is 6.04. The first kappa shape index (κ1) is 9.99. The van der Waals surface area contributed by atoms with Crippen molar-refractivity contribution in [2.75, 3.05) is 5.73 Å². The smallest absolute Gasteiger partial charge is 0.127 e. The molecule has 1 aromatic rings. The van der Waals surface area contributed by atoms with Gasteiger partial charge in [-0.3, -0.25) is 0 Å². The van der Waals surface area contributed by atoms with Gasteiger partial charge in [-0.1, -0.05) is 6.92 Å². The van der Waals surface area contributed by atoms with E-state index in [1.807, 2.05) is 19.9 Å². The van der Waals surface area contributed by atoms with E-state index in [1.54, 1.807) is 13.1 Å². The molecular formula is C10H16N2O. The summed E-state index contributed by atoms with van der Waals surface area (Å²) in [6.07, 6.45) is 1.29. The van der Waals surface area contributed by atoms with Crippen LogP contribution in [0, 0.1) is 6.92 Å². The summed E-state index contributed by atoms with van der Waals surface area (Å²) in [5.74, 6) is 0.557. The van der Waals surface area contributed by atoms with Crippen LogP contribution in [-0.2, 0) is 0 Å². The molecule has 1 rings (SSSR count). The first-order valence-corrected chi connectivity index (χ1v) is 4.43. The van der Waals surface area contributed by atoms with E-state index in [9.17, 15) is 5.11 Å². The van der Waals surface area contributed by atoms with Crippen molar-refractivity contribution >= 4 is 5.82 Å². The van der Waals surface area contributed by atoms with Gasteiger partial charge in [-0.05, 0) is 25.5 Å². The molecule has 2 atom stereocenters. The van der Waals surface area contributed by atoms with Crippen molar-refractivity contribution in [3.8, 4) is 0 Å². The standard InChI is InChI=1S/C10H16N2O/c1-6-4-5-12-10(11)9(6)7(2)8(3)13/h4-5,7-8,13H,1-3H3,(H2,11,12). The van der Waals surface area contributed by atoms with Gasteiger partial charge in [0.05, 0.1) is 6.10 Å². The number of nitrogen functional groups attached to an aromatic ring is 1. The van der Waals surface area contributed by atoms with E-state index in [0.717, 1.165) is 11.1 Å². The van der Waals surface area contributed by atoms with Gasteiger partial charge in [0.2, 0.25) is 0 Å². The van der Waals surface area contributed by atoms with Crippen LogP contribution in [0.4, 0.5) is 5.82 Å². The Bertz CT molecular complexity index is 277. The minimum absolute atomic E-state index is 0.0358. The average Bonchev–Trinajstić information content (AvgIpc) is 2.03. The molecule has 0 aliphatic rings. The average molecular weight is 180 g/mol. The lowest BCUT2D eigenvalue weighted by atomic mass is 9.93. The summed E-state index contributed by atoms with van der Waals surface area (Å²) in [5, 5.41) is 9.44. The predicted molar refractivity (Wildman–Crippen MR) is 53.5 cm³/mol. The summed E-state index contributed by atoms with van der Waals surface area (Å²) in [4.78, 5) is 4.01. The minimum atomic E-state index is -0.398. The number of aliphatic hydroxyl groups is 1. The Morgan fingerprint density at radius 2 is 2.08 bits per heavy atom. The molecule has 3 heteroatoms. The molecule has 0 aliphatic heterocycles. The maximum atomic E-state index is 9.44. The number of nitrogens with zero attached hydrogens (tertiary/aromatic N) is 1. The normalized spacial score (nSPS) is 15.4. The number of aromatic nitrogens is 1. The van der Waals surface area contributed by atoms with E-state index in [4.69, 9.17) is 5.73 Å². The van der Waals surface area contributed by atoms with Gasteiger partial charge in [0, 0.05) is 17.7 Å². The van der Waals surface area contributed by atoms with Gasteiger partial charge in [0.15, 0.2) is 0 Å². The van der Waals surface area contributed by atoms with Crippen LogP contribution in [0.1, 0.15) is 30.9 Å². The Hall–Kier alpha value is -1.09. The molecule has 0 radical (unpaired) electrons. The number of hydrogen-bond donors (Lipinski definition) is 2. The van der Waals surface area contributed by atoms with Gasteiger partial charge in [-0.15, -0.1) is 0 Å². The summed E-state index contributed by atoms with van der Waals surface area (Å²) < 4.78 is 0. The molecule has 0 spiro atoms. The summed E-state index contributed by atoms with van der Waals surface area (Å²) in [7, 11) is 0. The van der Waals surface area contributed by atoms with Crippen LogP contribution in [0.25, 0.3) is 0 Å². The predicted octanol–water partition coefficient (Wildman–Crippen LogP) is 1.46. The maximum absolute atomic E-state index is 9.44. The molecule has 1 aromatic heterocycles.